The van der Waals surface area contributed by atoms with Crippen molar-refractivity contribution in [2.24, 2.45) is 0 Å². The lowest BCUT2D eigenvalue weighted by Gasteiger charge is -2.35. The molecule has 3 N–H and O–H groups in total. The molecule has 0 saturated carbocycles. The summed E-state index contributed by atoms with van der Waals surface area (Å²) in [5.74, 6) is 0. The van der Waals surface area contributed by atoms with Crippen LogP contribution >= 0.6 is 0 Å². The number of ether oxygens (including phenoxy) is 2. The molecule has 1 heterocycles. The highest BCUT2D eigenvalue weighted by Gasteiger charge is 2.36. The Hall–Kier alpha value is -0.200. The lowest BCUT2D eigenvalue weighted by atomic mass is 10.0. The van der Waals surface area contributed by atoms with E-state index in [9.17, 15) is 10.2 Å². The molecule has 0 radical (unpaired) electrons. The second kappa shape index (κ2) is 4.15. The smallest absolute Gasteiger partial charge is 0.160 e. The van der Waals surface area contributed by atoms with Gasteiger partial charge in [0, 0.05) is 13.5 Å². The number of aliphatic hydroxyl groups excluding tert-OH is 3. The molecule has 0 bridgehead atoms. The van der Waals surface area contributed by atoms with E-state index in [1.54, 1.807) is 0 Å². The van der Waals surface area contributed by atoms with Gasteiger partial charge in [-0.05, 0) is 0 Å². The summed E-state index contributed by atoms with van der Waals surface area (Å²) in [6, 6.07) is 0. The molecule has 0 aliphatic carbocycles. The molecule has 12 heavy (non-hydrogen) atoms. The largest absolute Gasteiger partial charge is 0.394 e. The number of rotatable bonds is 2. The molecule has 1 aliphatic rings. The van der Waals surface area contributed by atoms with Crippen LogP contribution in [0.5, 0.6) is 0 Å². The fourth-order valence-electron chi connectivity index (χ4n) is 1.22. The van der Waals surface area contributed by atoms with Crippen LogP contribution in [0.15, 0.2) is 0 Å². The normalized spacial score (nSPS) is 43.0. The van der Waals surface area contributed by atoms with Gasteiger partial charge in [0.25, 0.3) is 0 Å². The third-order valence-electron chi connectivity index (χ3n) is 1.98. The van der Waals surface area contributed by atoms with E-state index >= 15 is 0 Å². The van der Waals surface area contributed by atoms with Crippen LogP contribution < -0.4 is 0 Å². The molecule has 0 aromatic heterocycles. The summed E-state index contributed by atoms with van der Waals surface area (Å²) in [6.07, 6.45) is -2.98. The minimum Gasteiger partial charge on any atom is -0.394 e. The van der Waals surface area contributed by atoms with Gasteiger partial charge in [0.2, 0.25) is 0 Å². The number of methoxy groups -OCH3 is 1. The fraction of sp³-hybridized carbons (Fsp3) is 1.00. The summed E-state index contributed by atoms with van der Waals surface area (Å²) < 4.78 is 9.92. The molecule has 5 heteroatoms. The van der Waals surface area contributed by atoms with Crippen LogP contribution in [0.4, 0.5) is 0 Å². The van der Waals surface area contributed by atoms with E-state index in [4.69, 9.17) is 14.6 Å². The number of aliphatic hydroxyl groups is 3. The molecule has 0 aromatic carbocycles. The van der Waals surface area contributed by atoms with Gasteiger partial charge in [-0.1, -0.05) is 0 Å². The van der Waals surface area contributed by atoms with Crippen molar-refractivity contribution < 1.29 is 24.8 Å². The molecule has 0 aromatic rings. The maximum absolute atomic E-state index is 9.26. The van der Waals surface area contributed by atoms with Gasteiger partial charge in [0.05, 0.1) is 12.7 Å². The predicted molar refractivity (Wildman–Crippen MR) is 39.4 cm³/mol. The minimum atomic E-state index is -1.03. The van der Waals surface area contributed by atoms with Crippen molar-refractivity contribution in [1.82, 2.24) is 0 Å². The zero-order valence-electron chi connectivity index (χ0n) is 6.88. The average molecular weight is 178 g/mol. The highest BCUT2D eigenvalue weighted by Crippen LogP contribution is 2.20. The lowest BCUT2D eigenvalue weighted by Crippen LogP contribution is -2.50. The van der Waals surface area contributed by atoms with E-state index in [0.717, 1.165) is 0 Å². The maximum atomic E-state index is 9.26. The number of hydrogen-bond donors (Lipinski definition) is 3. The van der Waals surface area contributed by atoms with Gasteiger partial charge in [-0.3, -0.25) is 0 Å². The second-order valence-corrected chi connectivity index (χ2v) is 2.82. The van der Waals surface area contributed by atoms with Crippen molar-refractivity contribution in [1.29, 1.82) is 0 Å². The van der Waals surface area contributed by atoms with E-state index < -0.39 is 24.6 Å². The molecule has 1 fully saturated rings. The van der Waals surface area contributed by atoms with Crippen molar-refractivity contribution in [3.05, 3.63) is 0 Å². The van der Waals surface area contributed by atoms with Crippen LogP contribution in [0.25, 0.3) is 0 Å². The quantitative estimate of drug-likeness (QED) is 0.477. The lowest BCUT2D eigenvalue weighted by molar-refractivity contribution is -0.248. The third kappa shape index (κ3) is 1.94. The standard InChI is InChI=1S/C7H14O5/c1-11-6-2-4(9)7(10)5(3-8)12-6/h4-10H,2-3H2,1H3/t4-,5+,6+,7+/m1/s1. The minimum absolute atomic E-state index is 0.230. The van der Waals surface area contributed by atoms with Crippen molar-refractivity contribution in [2.75, 3.05) is 13.7 Å². The van der Waals surface area contributed by atoms with E-state index in [1.165, 1.54) is 7.11 Å². The first-order valence-electron chi connectivity index (χ1n) is 3.84. The summed E-state index contributed by atoms with van der Waals surface area (Å²) in [5.41, 5.74) is 0. The van der Waals surface area contributed by atoms with Crippen LogP contribution in [-0.2, 0) is 9.47 Å². The van der Waals surface area contributed by atoms with Gasteiger partial charge in [-0.25, -0.2) is 0 Å². The van der Waals surface area contributed by atoms with Gasteiger partial charge in [-0.15, -0.1) is 0 Å². The van der Waals surface area contributed by atoms with Crippen LogP contribution in [0, 0.1) is 0 Å². The molecule has 72 valence electrons. The molecule has 1 aliphatic heterocycles. The first-order chi connectivity index (χ1) is 5.69. The second-order valence-electron chi connectivity index (χ2n) is 2.82. The van der Waals surface area contributed by atoms with Gasteiger partial charge in [0.1, 0.15) is 12.2 Å². The molecular formula is C7H14O5. The van der Waals surface area contributed by atoms with E-state index in [2.05, 4.69) is 0 Å². The summed E-state index contributed by atoms with van der Waals surface area (Å²) >= 11 is 0. The molecule has 4 atom stereocenters. The van der Waals surface area contributed by atoms with E-state index in [0.29, 0.717) is 0 Å². The molecule has 0 unspecified atom stereocenters. The van der Waals surface area contributed by atoms with E-state index in [1.807, 2.05) is 0 Å². The zero-order valence-corrected chi connectivity index (χ0v) is 6.88. The Labute approximate surface area is 70.5 Å². The summed E-state index contributed by atoms with van der Waals surface area (Å²) in [7, 11) is 1.45. The van der Waals surface area contributed by atoms with Crippen molar-refractivity contribution in [2.45, 2.75) is 31.0 Å². The fourth-order valence-corrected chi connectivity index (χ4v) is 1.22. The Morgan fingerprint density at radius 3 is 2.67 bits per heavy atom. The maximum Gasteiger partial charge on any atom is 0.160 e. The Kier molecular flexibility index (Phi) is 3.42. The predicted octanol–water partition coefficient (Wildman–Crippen LogP) is -1.54. The van der Waals surface area contributed by atoms with Gasteiger partial charge in [0.15, 0.2) is 6.29 Å². The van der Waals surface area contributed by atoms with Crippen molar-refractivity contribution in [3.63, 3.8) is 0 Å². The summed E-state index contributed by atoms with van der Waals surface area (Å²) in [6.45, 7) is -0.321. The van der Waals surface area contributed by atoms with Crippen LogP contribution in [0.2, 0.25) is 0 Å². The van der Waals surface area contributed by atoms with Crippen LogP contribution in [0.1, 0.15) is 6.42 Å². The summed E-state index contributed by atoms with van der Waals surface area (Å²) in [5, 5.41) is 27.3. The van der Waals surface area contributed by atoms with Crippen LogP contribution in [-0.4, -0.2) is 53.6 Å². The van der Waals surface area contributed by atoms with Gasteiger partial charge < -0.3 is 24.8 Å². The number of hydrogen-bond acceptors (Lipinski definition) is 5. The zero-order chi connectivity index (χ0) is 9.14. The van der Waals surface area contributed by atoms with Crippen LogP contribution in [0.3, 0.4) is 0 Å². The Balaban J connectivity index is 2.52. The average Bonchev–Trinajstić information content (AvgIpc) is 2.09. The molecule has 0 spiro atoms. The highest BCUT2D eigenvalue weighted by atomic mass is 16.7. The summed E-state index contributed by atoms with van der Waals surface area (Å²) in [4.78, 5) is 0. The topological polar surface area (TPSA) is 79.2 Å². The first kappa shape index (κ1) is 9.88. The van der Waals surface area contributed by atoms with E-state index in [-0.39, 0.29) is 13.0 Å². The Morgan fingerprint density at radius 1 is 1.50 bits per heavy atom. The first-order valence-corrected chi connectivity index (χ1v) is 3.84. The molecular weight excluding hydrogens is 164 g/mol. The van der Waals surface area contributed by atoms with Gasteiger partial charge >= 0.3 is 0 Å². The Morgan fingerprint density at radius 2 is 2.17 bits per heavy atom. The molecule has 5 nitrogen and oxygen atoms in total. The highest BCUT2D eigenvalue weighted by molar-refractivity contribution is 4.81. The SMILES string of the molecule is CO[C@@H]1C[C@@H](O)[C@H](O)[C@H](CO)O1. The van der Waals surface area contributed by atoms with Crippen molar-refractivity contribution in [3.8, 4) is 0 Å². The molecule has 1 rings (SSSR count). The Bertz CT molecular complexity index is 140. The monoisotopic (exact) mass is 178 g/mol. The molecule has 1 saturated heterocycles. The third-order valence-corrected chi connectivity index (χ3v) is 1.98. The molecule has 0 amide bonds. The van der Waals surface area contributed by atoms with Crippen molar-refractivity contribution >= 4 is 0 Å². The van der Waals surface area contributed by atoms with Gasteiger partial charge in [-0.2, -0.15) is 0 Å².